The van der Waals surface area contributed by atoms with Gasteiger partial charge in [-0.2, -0.15) is 0 Å². The second-order valence-electron chi connectivity index (χ2n) is 3.87. The van der Waals surface area contributed by atoms with Gasteiger partial charge in [0.05, 0.1) is 0 Å². The van der Waals surface area contributed by atoms with Crippen LogP contribution in [-0.2, 0) is 0 Å². The van der Waals surface area contributed by atoms with Gasteiger partial charge in [-0.05, 0) is 31.9 Å². The molecule has 0 aliphatic carbocycles. The minimum absolute atomic E-state index is 0.133. The van der Waals surface area contributed by atoms with Crippen molar-refractivity contribution in [3.05, 3.63) is 33.7 Å². The highest BCUT2D eigenvalue weighted by Crippen LogP contribution is 1.99. The number of aromatic amines is 1. The lowest BCUT2D eigenvalue weighted by atomic mass is 10.1. The van der Waals surface area contributed by atoms with Crippen molar-refractivity contribution in [3.63, 3.8) is 0 Å². The van der Waals surface area contributed by atoms with E-state index in [2.05, 4.69) is 10.3 Å². The zero-order valence-electron chi connectivity index (χ0n) is 9.96. The van der Waals surface area contributed by atoms with Crippen LogP contribution in [0.5, 0.6) is 0 Å². The van der Waals surface area contributed by atoms with E-state index in [0.717, 1.165) is 18.5 Å². The van der Waals surface area contributed by atoms with Crippen LogP contribution in [0.3, 0.4) is 0 Å². The second kappa shape index (κ2) is 5.49. The van der Waals surface area contributed by atoms with Gasteiger partial charge in [0, 0.05) is 11.7 Å². The Morgan fingerprint density at radius 1 is 1.38 bits per heavy atom. The lowest BCUT2D eigenvalue weighted by Crippen LogP contribution is -2.36. The van der Waals surface area contributed by atoms with Crippen molar-refractivity contribution >= 4 is 5.91 Å². The van der Waals surface area contributed by atoms with E-state index >= 15 is 0 Å². The van der Waals surface area contributed by atoms with E-state index in [1.165, 1.54) is 0 Å². The molecule has 1 aromatic rings. The van der Waals surface area contributed by atoms with Crippen LogP contribution < -0.4 is 10.9 Å². The summed E-state index contributed by atoms with van der Waals surface area (Å²) < 4.78 is 0. The fourth-order valence-electron chi connectivity index (χ4n) is 1.51. The minimum Gasteiger partial charge on any atom is -0.349 e. The van der Waals surface area contributed by atoms with E-state index in [4.69, 9.17) is 0 Å². The van der Waals surface area contributed by atoms with Gasteiger partial charge >= 0.3 is 0 Å². The lowest BCUT2D eigenvalue weighted by Gasteiger charge is -2.14. The summed E-state index contributed by atoms with van der Waals surface area (Å²) in [5, 5.41) is 2.83. The van der Waals surface area contributed by atoms with E-state index in [-0.39, 0.29) is 23.1 Å². The molecule has 88 valence electrons. The fraction of sp³-hybridized carbons (Fsp3) is 0.500. The molecule has 0 aromatic carbocycles. The van der Waals surface area contributed by atoms with Gasteiger partial charge in [0.1, 0.15) is 5.56 Å². The highest BCUT2D eigenvalue weighted by atomic mass is 16.2. The average Bonchev–Trinajstić information content (AvgIpc) is 2.25. The summed E-state index contributed by atoms with van der Waals surface area (Å²) in [6.07, 6.45) is 1.73. The van der Waals surface area contributed by atoms with Gasteiger partial charge in [0.2, 0.25) is 0 Å². The lowest BCUT2D eigenvalue weighted by molar-refractivity contribution is 0.0933. The summed E-state index contributed by atoms with van der Waals surface area (Å²) in [4.78, 5) is 25.9. The fourth-order valence-corrected chi connectivity index (χ4v) is 1.51. The van der Waals surface area contributed by atoms with Crippen molar-refractivity contribution < 1.29 is 4.79 Å². The van der Waals surface area contributed by atoms with Crippen molar-refractivity contribution in [2.45, 2.75) is 39.7 Å². The maximum absolute atomic E-state index is 11.8. The van der Waals surface area contributed by atoms with Crippen LogP contribution in [0.25, 0.3) is 0 Å². The van der Waals surface area contributed by atoms with Crippen molar-refractivity contribution in [3.8, 4) is 0 Å². The Morgan fingerprint density at radius 3 is 2.50 bits per heavy atom. The molecule has 0 aliphatic heterocycles. The highest BCUT2D eigenvalue weighted by Gasteiger charge is 2.13. The van der Waals surface area contributed by atoms with E-state index in [0.29, 0.717) is 0 Å². The number of pyridine rings is 1. The Hall–Kier alpha value is -1.58. The third-order valence-electron chi connectivity index (χ3n) is 2.62. The van der Waals surface area contributed by atoms with Crippen molar-refractivity contribution in [1.29, 1.82) is 0 Å². The molecular weight excluding hydrogens is 204 g/mol. The third-order valence-corrected chi connectivity index (χ3v) is 2.62. The minimum atomic E-state index is -0.330. The van der Waals surface area contributed by atoms with Gasteiger partial charge in [-0.3, -0.25) is 9.59 Å². The van der Waals surface area contributed by atoms with Crippen LogP contribution >= 0.6 is 0 Å². The number of hydrogen-bond donors (Lipinski definition) is 2. The third kappa shape index (κ3) is 2.95. The summed E-state index contributed by atoms with van der Waals surface area (Å²) in [5.41, 5.74) is 0.602. The molecule has 0 saturated heterocycles. The number of hydrogen-bond acceptors (Lipinski definition) is 2. The molecule has 0 fully saturated rings. The van der Waals surface area contributed by atoms with Crippen LogP contribution in [0.2, 0.25) is 0 Å². The molecule has 4 nitrogen and oxygen atoms in total. The van der Waals surface area contributed by atoms with Crippen LogP contribution in [-0.4, -0.2) is 16.9 Å². The number of H-pyrrole nitrogens is 1. The molecule has 1 rings (SSSR count). The van der Waals surface area contributed by atoms with Crippen LogP contribution in [0, 0.1) is 6.92 Å². The predicted octanol–water partition coefficient (Wildman–Crippen LogP) is 1.60. The number of carbonyl (C=O) groups excluding carboxylic acids is 1. The van der Waals surface area contributed by atoms with Crippen LogP contribution in [0.1, 0.15) is 42.7 Å². The van der Waals surface area contributed by atoms with Gasteiger partial charge in [-0.1, -0.05) is 13.8 Å². The molecule has 0 unspecified atom stereocenters. The first kappa shape index (κ1) is 12.5. The monoisotopic (exact) mass is 222 g/mol. The molecule has 0 saturated carbocycles. The standard InChI is InChI=1S/C12H18N2O2/c1-4-9(5-2)14-12(16)10-7-6-8(3)13-11(10)15/h6-7,9H,4-5H2,1-3H3,(H,13,15)(H,14,16). The summed E-state index contributed by atoms with van der Waals surface area (Å²) in [6, 6.07) is 3.42. The zero-order chi connectivity index (χ0) is 12.1. The van der Waals surface area contributed by atoms with Gasteiger partial charge < -0.3 is 10.3 Å². The zero-order valence-corrected chi connectivity index (χ0v) is 9.96. The highest BCUT2D eigenvalue weighted by molar-refractivity contribution is 5.93. The Kier molecular flexibility index (Phi) is 4.28. The number of rotatable bonds is 4. The first-order chi connectivity index (χ1) is 7.58. The molecule has 0 radical (unpaired) electrons. The number of amides is 1. The Bertz CT molecular complexity index is 419. The van der Waals surface area contributed by atoms with Crippen LogP contribution in [0.15, 0.2) is 16.9 Å². The molecule has 0 aliphatic rings. The predicted molar refractivity (Wildman–Crippen MR) is 63.6 cm³/mol. The van der Waals surface area contributed by atoms with Gasteiger partial charge in [-0.15, -0.1) is 0 Å². The SMILES string of the molecule is CCC(CC)NC(=O)c1ccc(C)[nH]c1=O. The Labute approximate surface area is 95.1 Å². The molecule has 16 heavy (non-hydrogen) atoms. The molecular formula is C12H18N2O2. The number of aromatic nitrogens is 1. The largest absolute Gasteiger partial charge is 0.349 e. The number of aryl methyl sites for hydroxylation is 1. The second-order valence-corrected chi connectivity index (χ2v) is 3.87. The van der Waals surface area contributed by atoms with Crippen LogP contribution in [0.4, 0.5) is 0 Å². The van der Waals surface area contributed by atoms with Crippen molar-refractivity contribution in [2.75, 3.05) is 0 Å². The number of nitrogens with one attached hydrogen (secondary N) is 2. The normalized spacial score (nSPS) is 10.5. The van der Waals surface area contributed by atoms with Gasteiger partial charge in [0.25, 0.3) is 11.5 Å². The molecule has 4 heteroatoms. The molecule has 0 atom stereocenters. The molecule has 1 amide bonds. The van der Waals surface area contributed by atoms with Crippen molar-refractivity contribution in [1.82, 2.24) is 10.3 Å². The number of carbonyl (C=O) groups is 1. The first-order valence-electron chi connectivity index (χ1n) is 5.59. The summed E-state index contributed by atoms with van der Waals surface area (Å²) in [5.74, 6) is -0.296. The van der Waals surface area contributed by atoms with E-state index in [9.17, 15) is 9.59 Å². The Balaban J connectivity index is 2.85. The maximum atomic E-state index is 11.8. The van der Waals surface area contributed by atoms with Gasteiger partial charge in [0.15, 0.2) is 0 Å². The summed E-state index contributed by atoms with van der Waals surface area (Å²) >= 11 is 0. The smallest absolute Gasteiger partial charge is 0.260 e. The molecule has 2 N–H and O–H groups in total. The van der Waals surface area contributed by atoms with E-state index < -0.39 is 0 Å². The molecule has 0 spiro atoms. The average molecular weight is 222 g/mol. The quantitative estimate of drug-likeness (QED) is 0.812. The topological polar surface area (TPSA) is 62.0 Å². The summed E-state index contributed by atoms with van der Waals surface area (Å²) in [7, 11) is 0. The van der Waals surface area contributed by atoms with Gasteiger partial charge in [-0.25, -0.2) is 0 Å². The summed E-state index contributed by atoms with van der Waals surface area (Å²) in [6.45, 7) is 5.80. The molecule has 1 heterocycles. The van der Waals surface area contributed by atoms with E-state index in [1.807, 2.05) is 13.8 Å². The van der Waals surface area contributed by atoms with Crippen molar-refractivity contribution in [2.24, 2.45) is 0 Å². The Morgan fingerprint density at radius 2 is 2.00 bits per heavy atom. The first-order valence-corrected chi connectivity index (χ1v) is 5.59. The molecule has 1 aromatic heterocycles. The molecule has 0 bridgehead atoms. The van der Waals surface area contributed by atoms with E-state index in [1.54, 1.807) is 19.1 Å². The maximum Gasteiger partial charge on any atom is 0.260 e.